The van der Waals surface area contributed by atoms with Crippen molar-refractivity contribution in [3.05, 3.63) is 60.1 Å². The summed E-state index contributed by atoms with van der Waals surface area (Å²) in [4.78, 5) is 21.6. The molecule has 1 aromatic heterocycles. The number of nitrogens with one attached hydrogen (secondary N) is 2. The van der Waals surface area contributed by atoms with E-state index >= 15 is 0 Å². The molecule has 4 N–H and O–H groups in total. The molecule has 0 saturated carbocycles. The van der Waals surface area contributed by atoms with Gasteiger partial charge in [0.2, 0.25) is 0 Å². The van der Waals surface area contributed by atoms with Crippen LogP contribution >= 0.6 is 0 Å². The topological polar surface area (TPSA) is 111 Å². The summed E-state index contributed by atoms with van der Waals surface area (Å²) in [6, 6.07) is 10.2. The highest BCUT2D eigenvalue weighted by atomic mass is 16.5. The average molecular weight is 371 g/mol. The normalized spacial score (nSPS) is 12.3. The number of rotatable bonds is 10. The third kappa shape index (κ3) is 7.53. The van der Waals surface area contributed by atoms with Crippen LogP contribution in [0.5, 0.6) is 0 Å². The number of carbonyl (C=O) groups excluding carboxylic acids is 1. The molecule has 0 aliphatic carbocycles. The van der Waals surface area contributed by atoms with Crippen molar-refractivity contribution in [3.63, 3.8) is 0 Å². The molecular formula is C19H25N5O3. The number of hydrogen-bond donors (Lipinski definition) is 4. The third-order valence-corrected chi connectivity index (χ3v) is 3.78. The molecular weight excluding hydrogens is 346 g/mol. The van der Waals surface area contributed by atoms with Gasteiger partial charge in [0, 0.05) is 31.8 Å². The number of aliphatic hydroxyl groups is 1. The standard InChI is InChI=1S/C19H25N5O3/c1-15(13-24(9-10-25)14-16-5-3-2-4-6-16)22-18-12-20-17(11-21-18)7-8-19(26)23-27/h2-8,11-12,15,25,27H,9-10,13-14H2,1H3,(H,21,22)(H,23,26)/t15-/m1/s1. The van der Waals surface area contributed by atoms with Gasteiger partial charge in [-0.2, -0.15) is 0 Å². The molecule has 1 atom stereocenters. The van der Waals surface area contributed by atoms with Crippen LogP contribution in [0, 0.1) is 0 Å². The van der Waals surface area contributed by atoms with Crippen molar-refractivity contribution in [2.45, 2.75) is 19.5 Å². The first-order chi connectivity index (χ1) is 13.1. The molecule has 0 fully saturated rings. The number of carbonyl (C=O) groups is 1. The monoisotopic (exact) mass is 371 g/mol. The van der Waals surface area contributed by atoms with Crippen molar-refractivity contribution in [2.24, 2.45) is 0 Å². The Morgan fingerprint density at radius 3 is 2.67 bits per heavy atom. The number of benzene rings is 1. The SMILES string of the molecule is C[C@H](CN(CCO)Cc1ccccc1)Nc1cnc(C=CC(=O)NO)cn1. The molecule has 0 unspecified atom stereocenters. The van der Waals surface area contributed by atoms with Gasteiger partial charge in [0.05, 0.1) is 24.7 Å². The highest BCUT2D eigenvalue weighted by Gasteiger charge is 2.11. The Labute approximate surface area is 158 Å². The van der Waals surface area contributed by atoms with E-state index in [9.17, 15) is 9.90 Å². The highest BCUT2D eigenvalue weighted by Crippen LogP contribution is 2.08. The molecule has 1 aromatic carbocycles. The van der Waals surface area contributed by atoms with E-state index in [-0.39, 0.29) is 12.6 Å². The van der Waals surface area contributed by atoms with Crippen molar-refractivity contribution >= 4 is 17.8 Å². The maximum absolute atomic E-state index is 11.0. The number of aliphatic hydroxyl groups excluding tert-OH is 1. The molecule has 8 heteroatoms. The fourth-order valence-electron chi connectivity index (χ4n) is 2.60. The molecule has 0 bridgehead atoms. The Morgan fingerprint density at radius 2 is 2.04 bits per heavy atom. The van der Waals surface area contributed by atoms with Gasteiger partial charge < -0.3 is 10.4 Å². The van der Waals surface area contributed by atoms with E-state index in [4.69, 9.17) is 5.21 Å². The predicted molar refractivity (Wildman–Crippen MR) is 103 cm³/mol. The first-order valence-corrected chi connectivity index (χ1v) is 8.68. The molecule has 0 saturated heterocycles. The predicted octanol–water partition coefficient (Wildman–Crippen LogP) is 1.29. The summed E-state index contributed by atoms with van der Waals surface area (Å²) in [7, 11) is 0. The zero-order valence-corrected chi connectivity index (χ0v) is 15.2. The zero-order valence-electron chi connectivity index (χ0n) is 15.2. The van der Waals surface area contributed by atoms with Gasteiger partial charge in [0.15, 0.2) is 0 Å². The lowest BCUT2D eigenvalue weighted by molar-refractivity contribution is -0.124. The van der Waals surface area contributed by atoms with Crippen LogP contribution in [0.3, 0.4) is 0 Å². The number of hydroxylamine groups is 1. The van der Waals surface area contributed by atoms with Crippen LogP contribution < -0.4 is 10.8 Å². The van der Waals surface area contributed by atoms with Crippen molar-refractivity contribution in [3.8, 4) is 0 Å². The van der Waals surface area contributed by atoms with Gasteiger partial charge in [-0.15, -0.1) is 0 Å². The maximum atomic E-state index is 11.0. The van der Waals surface area contributed by atoms with Gasteiger partial charge in [-0.3, -0.25) is 19.9 Å². The smallest absolute Gasteiger partial charge is 0.267 e. The summed E-state index contributed by atoms with van der Waals surface area (Å²) in [5.74, 6) is -0.00932. The molecule has 0 spiro atoms. The van der Waals surface area contributed by atoms with Crippen LogP contribution in [0.4, 0.5) is 5.82 Å². The lowest BCUT2D eigenvalue weighted by atomic mass is 10.2. The number of anilines is 1. The quantitative estimate of drug-likeness (QED) is 0.283. The fourth-order valence-corrected chi connectivity index (χ4v) is 2.60. The number of aromatic nitrogens is 2. The maximum Gasteiger partial charge on any atom is 0.267 e. The largest absolute Gasteiger partial charge is 0.395 e. The molecule has 1 amide bonds. The van der Waals surface area contributed by atoms with Crippen LogP contribution in [0.2, 0.25) is 0 Å². The van der Waals surface area contributed by atoms with E-state index < -0.39 is 5.91 Å². The molecule has 1 heterocycles. The third-order valence-electron chi connectivity index (χ3n) is 3.78. The Kier molecular flexibility index (Phi) is 8.37. The lowest BCUT2D eigenvalue weighted by Crippen LogP contribution is -2.36. The van der Waals surface area contributed by atoms with Gasteiger partial charge in [-0.25, -0.2) is 10.5 Å². The van der Waals surface area contributed by atoms with Gasteiger partial charge in [0.1, 0.15) is 5.82 Å². The highest BCUT2D eigenvalue weighted by molar-refractivity contribution is 5.90. The molecule has 27 heavy (non-hydrogen) atoms. The van der Waals surface area contributed by atoms with E-state index in [0.717, 1.165) is 19.2 Å². The summed E-state index contributed by atoms with van der Waals surface area (Å²) >= 11 is 0. The molecule has 2 aromatic rings. The lowest BCUT2D eigenvalue weighted by Gasteiger charge is -2.25. The van der Waals surface area contributed by atoms with Crippen molar-refractivity contribution < 1.29 is 15.1 Å². The fraction of sp³-hybridized carbons (Fsp3) is 0.316. The molecule has 0 radical (unpaired) electrons. The minimum Gasteiger partial charge on any atom is -0.395 e. The van der Waals surface area contributed by atoms with Gasteiger partial charge >= 0.3 is 0 Å². The van der Waals surface area contributed by atoms with Crippen LogP contribution in [0.25, 0.3) is 6.08 Å². The summed E-state index contributed by atoms with van der Waals surface area (Å²) < 4.78 is 0. The minimum atomic E-state index is -0.630. The summed E-state index contributed by atoms with van der Waals surface area (Å²) in [6.07, 6.45) is 5.73. The second-order valence-corrected chi connectivity index (χ2v) is 6.13. The minimum absolute atomic E-state index is 0.0936. The summed E-state index contributed by atoms with van der Waals surface area (Å²) in [5.41, 5.74) is 3.21. The molecule has 2 rings (SSSR count). The average Bonchev–Trinajstić information content (AvgIpc) is 2.68. The van der Waals surface area contributed by atoms with E-state index in [0.29, 0.717) is 18.1 Å². The van der Waals surface area contributed by atoms with Crippen molar-refractivity contribution in [1.29, 1.82) is 0 Å². The Bertz CT molecular complexity index is 722. The number of amides is 1. The van der Waals surface area contributed by atoms with Gasteiger partial charge in [-0.1, -0.05) is 30.3 Å². The van der Waals surface area contributed by atoms with Crippen LogP contribution in [-0.2, 0) is 11.3 Å². The van der Waals surface area contributed by atoms with E-state index in [2.05, 4.69) is 32.3 Å². The first-order valence-electron chi connectivity index (χ1n) is 8.68. The zero-order chi connectivity index (χ0) is 19.5. The Hall–Kier alpha value is -2.81. The second kappa shape index (κ2) is 11.0. The van der Waals surface area contributed by atoms with Crippen molar-refractivity contribution in [1.82, 2.24) is 20.3 Å². The molecule has 0 aliphatic heterocycles. The van der Waals surface area contributed by atoms with Gasteiger partial charge in [0.25, 0.3) is 5.91 Å². The number of nitrogens with zero attached hydrogens (tertiary/aromatic N) is 3. The molecule has 8 nitrogen and oxygen atoms in total. The van der Waals surface area contributed by atoms with Crippen LogP contribution in [-0.4, -0.2) is 56.8 Å². The van der Waals surface area contributed by atoms with Crippen molar-refractivity contribution in [2.75, 3.05) is 25.0 Å². The number of hydrogen-bond acceptors (Lipinski definition) is 7. The van der Waals surface area contributed by atoms with E-state index in [1.54, 1.807) is 6.20 Å². The van der Waals surface area contributed by atoms with E-state index in [1.165, 1.54) is 23.3 Å². The summed E-state index contributed by atoms with van der Waals surface area (Å²) in [6.45, 7) is 4.21. The first kappa shape index (κ1) is 20.5. The van der Waals surface area contributed by atoms with Crippen LogP contribution in [0.15, 0.2) is 48.8 Å². The van der Waals surface area contributed by atoms with Crippen LogP contribution in [0.1, 0.15) is 18.2 Å². The summed E-state index contributed by atoms with van der Waals surface area (Å²) in [5, 5.41) is 21.0. The second-order valence-electron chi connectivity index (χ2n) is 6.13. The van der Waals surface area contributed by atoms with E-state index in [1.807, 2.05) is 25.1 Å². The molecule has 144 valence electrons. The van der Waals surface area contributed by atoms with Gasteiger partial charge in [-0.05, 0) is 18.6 Å². The molecule has 0 aliphatic rings. The Balaban J connectivity index is 1.89. The Morgan fingerprint density at radius 1 is 1.26 bits per heavy atom.